The zero-order chi connectivity index (χ0) is 19.0. The van der Waals surface area contributed by atoms with E-state index in [0.717, 1.165) is 20.3 Å². The molecule has 0 bridgehead atoms. The molecule has 0 saturated carbocycles. The molecule has 0 radical (unpaired) electrons. The predicted octanol–water partition coefficient (Wildman–Crippen LogP) is 3.29. The van der Waals surface area contributed by atoms with E-state index in [2.05, 4.69) is 35.1 Å². The van der Waals surface area contributed by atoms with Gasteiger partial charge in [0.1, 0.15) is 5.60 Å². The summed E-state index contributed by atoms with van der Waals surface area (Å²) in [4.78, 5) is 23.4. The molecule has 2 N–H and O–H groups in total. The van der Waals surface area contributed by atoms with Gasteiger partial charge in [-0.05, 0) is 43.4 Å². The van der Waals surface area contributed by atoms with E-state index in [9.17, 15) is 9.59 Å². The van der Waals surface area contributed by atoms with Crippen LogP contribution in [-0.4, -0.2) is 17.6 Å². The van der Waals surface area contributed by atoms with Gasteiger partial charge in [0.15, 0.2) is 0 Å². The van der Waals surface area contributed by atoms with Crippen LogP contribution in [0.25, 0.3) is 0 Å². The van der Waals surface area contributed by atoms with Crippen LogP contribution >= 0.6 is 8.58 Å². The lowest BCUT2D eigenvalue weighted by atomic mass is 10.1. The highest BCUT2D eigenvalue weighted by molar-refractivity contribution is 7.46. The minimum Gasteiger partial charge on any atom is -0.443 e. The zero-order valence-corrected chi connectivity index (χ0v) is 16.3. The van der Waals surface area contributed by atoms with Crippen LogP contribution in [0.4, 0.5) is 4.79 Å². The standard InChI is InChI=1S/C20H25N2O3P/c1-20(2,3)25-19(24)22-21-18(23)13-15-9-11-16(12-10-15)14-26-17-7-5-4-6-8-17/h4-12,26H,13-14H2,1-3H3,(H,21,23)(H,22,24). The molecule has 0 saturated heterocycles. The fraction of sp³-hybridized carbons (Fsp3) is 0.300. The maximum Gasteiger partial charge on any atom is 0.426 e. The van der Waals surface area contributed by atoms with Crippen molar-refractivity contribution >= 4 is 25.9 Å². The third-order valence-electron chi connectivity index (χ3n) is 3.36. The largest absolute Gasteiger partial charge is 0.443 e. The summed E-state index contributed by atoms with van der Waals surface area (Å²) in [6.07, 6.45) is 0.497. The van der Waals surface area contributed by atoms with Gasteiger partial charge in [-0.3, -0.25) is 10.2 Å². The number of rotatable bonds is 5. The van der Waals surface area contributed by atoms with E-state index in [1.165, 1.54) is 10.9 Å². The highest BCUT2D eigenvalue weighted by Gasteiger charge is 2.16. The van der Waals surface area contributed by atoms with Crippen LogP contribution in [0.2, 0.25) is 0 Å². The first-order valence-corrected chi connectivity index (χ1v) is 9.67. The van der Waals surface area contributed by atoms with Crippen LogP contribution in [0.5, 0.6) is 0 Å². The van der Waals surface area contributed by atoms with Crippen molar-refractivity contribution in [1.29, 1.82) is 0 Å². The molecule has 0 spiro atoms. The third-order valence-corrected chi connectivity index (χ3v) is 4.69. The molecule has 0 aromatic heterocycles. The molecule has 0 aliphatic heterocycles. The third kappa shape index (κ3) is 7.66. The lowest BCUT2D eigenvalue weighted by Gasteiger charge is -2.19. The average molecular weight is 372 g/mol. The molecule has 0 aliphatic carbocycles. The maximum atomic E-state index is 11.9. The number of ether oxygens (including phenoxy) is 1. The molecular weight excluding hydrogens is 347 g/mol. The molecule has 1 unspecified atom stereocenters. The molecule has 2 amide bonds. The molecular formula is C20H25N2O3P. The van der Waals surface area contributed by atoms with Gasteiger partial charge in [-0.2, -0.15) is 0 Å². The molecule has 0 heterocycles. The van der Waals surface area contributed by atoms with Crippen LogP contribution in [-0.2, 0) is 22.1 Å². The Balaban J connectivity index is 1.76. The maximum absolute atomic E-state index is 11.9. The smallest absolute Gasteiger partial charge is 0.426 e. The van der Waals surface area contributed by atoms with Crippen LogP contribution in [0, 0.1) is 0 Å². The SMILES string of the molecule is CC(C)(C)OC(=O)NNC(=O)Cc1ccc(CPc2ccccc2)cc1. The minimum absolute atomic E-state index is 0.192. The molecule has 5 nitrogen and oxygen atoms in total. The summed E-state index contributed by atoms with van der Waals surface area (Å²) in [5.41, 5.74) is 6.12. The van der Waals surface area contributed by atoms with E-state index in [4.69, 9.17) is 4.74 Å². The highest BCUT2D eigenvalue weighted by Crippen LogP contribution is 2.18. The average Bonchev–Trinajstić information content (AvgIpc) is 2.59. The number of hydrogen-bond donors (Lipinski definition) is 2. The van der Waals surface area contributed by atoms with Crippen molar-refractivity contribution < 1.29 is 14.3 Å². The number of amides is 2. The second kappa shape index (κ2) is 9.35. The van der Waals surface area contributed by atoms with Crippen molar-refractivity contribution in [3.8, 4) is 0 Å². The topological polar surface area (TPSA) is 67.4 Å². The Morgan fingerprint density at radius 3 is 2.15 bits per heavy atom. The molecule has 1 atom stereocenters. The van der Waals surface area contributed by atoms with Gasteiger partial charge in [0.2, 0.25) is 5.91 Å². The summed E-state index contributed by atoms with van der Waals surface area (Å²) < 4.78 is 5.05. The lowest BCUT2D eigenvalue weighted by molar-refractivity contribution is -0.121. The Bertz CT molecular complexity index is 725. The van der Waals surface area contributed by atoms with E-state index in [-0.39, 0.29) is 12.3 Å². The number of nitrogens with one attached hydrogen (secondary N) is 2. The van der Waals surface area contributed by atoms with Crippen molar-refractivity contribution in [3.63, 3.8) is 0 Å². The van der Waals surface area contributed by atoms with E-state index in [0.29, 0.717) is 0 Å². The van der Waals surface area contributed by atoms with Crippen molar-refractivity contribution in [3.05, 3.63) is 65.7 Å². The van der Waals surface area contributed by atoms with Crippen LogP contribution in [0.15, 0.2) is 54.6 Å². The molecule has 2 aromatic carbocycles. The summed E-state index contributed by atoms with van der Waals surface area (Å²) >= 11 is 0. The molecule has 2 rings (SSSR count). The Morgan fingerprint density at radius 2 is 1.54 bits per heavy atom. The first-order valence-electron chi connectivity index (χ1n) is 8.46. The van der Waals surface area contributed by atoms with E-state index in [1.807, 2.05) is 30.3 Å². The fourth-order valence-electron chi connectivity index (χ4n) is 2.19. The van der Waals surface area contributed by atoms with Crippen molar-refractivity contribution in [2.45, 2.75) is 39.0 Å². The zero-order valence-electron chi connectivity index (χ0n) is 15.3. The fourth-order valence-corrected chi connectivity index (χ4v) is 3.26. The summed E-state index contributed by atoms with van der Waals surface area (Å²) in [6, 6.07) is 18.4. The number of hydrogen-bond acceptors (Lipinski definition) is 3. The van der Waals surface area contributed by atoms with Gasteiger partial charge in [-0.25, -0.2) is 10.2 Å². The minimum atomic E-state index is -0.678. The molecule has 138 valence electrons. The van der Waals surface area contributed by atoms with Gasteiger partial charge in [-0.1, -0.05) is 63.2 Å². The second-order valence-corrected chi connectivity index (χ2v) is 8.17. The van der Waals surface area contributed by atoms with Crippen molar-refractivity contribution in [1.82, 2.24) is 10.9 Å². The van der Waals surface area contributed by atoms with Gasteiger partial charge >= 0.3 is 6.09 Å². The second-order valence-electron chi connectivity index (χ2n) is 6.89. The highest BCUT2D eigenvalue weighted by atomic mass is 31.1. The van der Waals surface area contributed by atoms with Gasteiger partial charge in [-0.15, -0.1) is 0 Å². The Kier molecular flexibility index (Phi) is 7.16. The Hall–Kier alpha value is -2.39. The Labute approximate surface area is 156 Å². The number of carbonyl (C=O) groups excluding carboxylic acids is 2. The van der Waals surface area contributed by atoms with Crippen LogP contribution in [0.3, 0.4) is 0 Å². The predicted molar refractivity (Wildman–Crippen MR) is 106 cm³/mol. The lowest BCUT2D eigenvalue weighted by Crippen LogP contribution is -2.44. The first-order chi connectivity index (χ1) is 12.3. The molecule has 2 aromatic rings. The Morgan fingerprint density at radius 1 is 0.923 bits per heavy atom. The number of benzene rings is 2. The molecule has 0 fully saturated rings. The summed E-state index contributed by atoms with van der Waals surface area (Å²) in [5, 5.41) is 1.34. The van der Waals surface area contributed by atoms with E-state index in [1.54, 1.807) is 20.8 Å². The summed E-state index contributed by atoms with van der Waals surface area (Å²) in [5.74, 6) is -0.297. The quantitative estimate of drug-likeness (QED) is 0.625. The van der Waals surface area contributed by atoms with E-state index < -0.39 is 11.7 Å². The number of carbonyl (C=O) groups is 2. The first kappa shape index (κ1) is 19.9. The normalized spacial score (nSPS) is 11.3. The monoisotopic (exact) mass is 372 g/mol. The number of hydrazine groups is 1. The molecule has 26 heavy (non-hydrogen) atoms. The summed E-state index contributed by atoms with van der Waals surface area (Å²) in [7, 11) is 0.726. The van der Waals surface area contributed by atoms with Gasteiger partial charge in [0.05, 0.1) is 6.42 Å². The molecule has 6 heteroatoms. The van der Waals surface area contributed by atoms with Crippen molar-refractivity contribution in [2.75, 3.05) is 0 Å². The van der Waals surface area contributed by atoms with Gasteiger partial charge in [0, 0.05) is 0 Å². The van der Waals surface area contributed by atoms with Gasteiger partial charge in [0.25, 0.3) is 0 Å². The summed E-state index contributed by atoms with van der Waals surface area (Å²) in [6.45, 7) is 5.27. The van der Waals surface area contributed by atoms with Crippen LogP contribution in [0.1, 0.15) is 31.9 Å². The van der Waals surface area contributed by atoms with Crippen molar-refractivity contribution in [2.24, 2.45) is 0 Å². The van der Waals surface area contributed by atoms with Crippen LogP contribution < -0.4 is 16.2 Å². The molecule has 0 aliphatic rings. The van der Waals surface area contributed by atoms with Gasteiger partial charge < -0.3 is 4.74 Å². The van der Waals surface area contributed by atoms with E-state index >= 15 is 0 Å².